The Kier molecular flexibility index (Phi) is 4.54. The first kappa shape index (κ1) is 12.6. The van der Waals surface area contributed by atoms with E-state index in [4.69, 9.17) is 14.6 Å². The Morgan fingerprint density at radius 2 is 2.06 bits per heavy atom. The molecule has 1 aromatic carbocycles. The van der Waals surface area contributed by atoms with Crippen molar-refractivity contribution in [3.05, 3.63) is 35.9 Å². The first-order valence-electron chi connectivity index (χ1n) is 6.19. The minimum absolute atomic E-state index is 0.0699. The molecule has 0 aliphatic carbocycles. The minimum Gasteiger partial charge on any atom is -0.394 e. The number of aliphatic hydroxyl groups excluding tert-OH is 1. The Hall–Kier alpha value is -0.900. The quantitative estimate of drug-likeness (QED) is 0.870. The highest BCUT2D eigenvalue weighted by molar-refractivity contribution is 5.13. The van der Waals surface area contributed by atoms with Crippen molar-refractivity contribution in [1.82, 2.24) is 0 Å². The standard InChI is InChI=1S/C14H20O3/c1-11-7-13(8-14(9-15)17-11)16-10-12-5-3-2-4-6-12/h2-6,11,13-15H,7-10H2,1H3/t11-,13+,14-/m1/s1. The van der Waals surface area contributed by atoms with Crippen molar-refractivity contribution in [2.24, 2.45) is 0 Å². The van der Waals surface area contributed by atoms with Crippen LogP contribution in [-0.4, -0.2) is 30.0 Å². The third-order valence-corrected chi connectivity index (χ3v) is 3.08. The van der Waals surface area contributed by atoms with Crippen LogP contribution in [0.5, 0.6) is 0 Å². The fourth-order valence-electron chi connectivity index (χ4n) is 2.24. The molecule has 94 valence electrons. The lowest BCUT2D eigenvalue weighted by atomic mass is 10.0. The molecule has 1 saturated heterocycles. The van der Waals surface area contributed by atoms with E-state index in [1.165, 1.54) is 5.56 Å². The predicted octanol–water partition coefficient (Wildman–Crippen LogP) is 2.13. The molecule has 0 aromatic heterocycles. The zero-order chi connectivity index (χ0) is 12.1. The van der Waals surface area contributed by atoms with Crippen LogP contribution in [0.3, 0.4) is 0 Å². The molecular weight excluding hydrogens is 216 g/mol. The predicted molar refractivity (Wildman–Crippen MR) is 65.7 cm³/mol. The van der Waals surface area contributed by atoms with Crippen LogP contribution < -0.4 is 0 Å². The van der Waals surface area contributed by atoms with E-state index in [0.717, 1.165) is 12.8 Å². The summed E-state index contributed by atoms with van der Waals surface area (Å²) in [7, 11) is 0. The van der Waals surface area contributed by atoms with Gasteiger partial charge in [0.15, 0.2) is 0 Å². The number of rotatable bonds is 4. The summed E-state index contributed by atoms with van der Waals surface area (Å²) in [5, 5.41) is 9.13. The maximum absolute atomic E-state index is 9.13. The van der Waals surface area contributed by atoms with Gasteiger partial charge in [0, 0.05) is 6.42 Å². The molecule has 0 spiro atoms. The average Bonchev–Trinajstić information content (AvgIpc) is 2.37. The van der Waals surface area contributed by atoms with E-state index >= 15 is 0 Å². The molecule has 0 unspecified atom stereocenters. The Balaban J connectivity index is 1.82. The summed E-state index contributed by atoms with van der Waals surface area (Å²) in [6, 6.07) is 10.2. The third-order valence-electron chi connectivity index (χ3n) is 3.08. The van der Waals surface area contributed by atoms with Crippen molar-refractivity contribution < 1.29 is 14.6 Å². The molecule has 3 heteroatoms. The van der Waals surface area contributed by atoms with Crippen molar-refractivity contribution in [2.45, 2.75) is 44.7 Å². The van der Waals surface area contributed by atoms with Gasteiger partial charge in [-0.1, -0.05) is 30.3 Å². The minimum atomic E-state index is -0.0699. The Labute approximate surface area is 102 Å². The maximum Gasteiger partial charge on any atom is 0.0834 e. The largest absolute Gasteiger partial charge is 0.394 e. The highest BCUT2D eigenvalue weighted by Gasteiger charge is 2.27. The van der Waals surface area contributed by atoms with Gasteiger partial charge in [0.1, 0.15) is 0 Å². The lowest BCUT2D eigenvalue weighted by Crippen LogP contribution is -2.37. The molecule has 3 atom stereocenters. The molecular formula is C14H20O3. The summed E-state index contributed by atoms with van der Waals surface area (Å²) < 4.78 is 11.5. The van der Waals surface area contributed by atoms with E-state index in [1.807, 2.05) is 25.1 Å². The van der Waals surface area contributed by atoms with Crippen LogP contribution in [0.25, 0.3) is 0 Å². The first-order valence-corrected chi connectivity index (χ1v) is 6.19. The summed E-state index contributed by atoms with van der Waals surface area (Å²) in [6.07, 6.45) is 1.98. The molecule has 0 bridgehead atoms. The lowest BCUT2D eigenvalue weighted by molar-refractivity contribution is -0.125. The monoisotopic (exact) mass is 236 g/mol. The number of hydrogen-bond acceptors (Lipinski definition) is 3. The van der Waals surface area contributed by atoms with Crippen LogP contribution in [0.4, 0.5) is 0 Å². The fraction of sp³-hybridized carbons (Fsp3) is 0.571. The molecule has 3 nitrogen and oxygen atoms in total. The molecule has 17 heavy (non-hydrogen) atoms. The molecule has 0 amide bonds. The highest BCUT2D eigenvalue weighted by atomic mass is 16.5. The summed E-state index contributed by atoms with van der Waals surface area (Å²) in [6.45, 7) is 2.74. The van der Waals surface area contributed by atoms with Crippen molar-refractivity contribution in [1.29, 1.82) is 0 Å². The Morgan fingerprint density at radius 1 is 1.29 bits per heavy atom. The molecule has 2 rings (SSSR count). The highest BCUT2D eigenvalue weighted by Crippen LogP contribution is 2.22. The van der Waals surface area contributed by atoms with Gasteiger partial charge >= 0.3 is 0 Å². The number of hydrogen-bond donors (Lipinski definition) is 1. The van der Waals surface area contributed by atoms with Crippen molar-refractivity contribution >= 4 is 0 Å². The van der Waals surface area contributed by atoms with Gasteiger partial charge in [0.2, 0.25) is 0 Å². The van der Waals surface area contributed by atoms with Crippen LogP contribution in [0.2, 0.25) is 0 Å². The van der Waals surface area contributed by atoms with Crippen LogP contribution in [0.15, 0.2) is 30.3 Å². The molecule has 0 saturated carbocycles. The summed E-state index contributed by atoms with van der Waals surface area (Å²) in [5.41, 5.74) is 1.19. The average molecular weight is 236 g/mol. The normalized spacial score (nSPS) is 29.2. The van der Waals surface area contributed by atoms with Crippen LogP contribution in [0.1, 0.15) is 25.3 Å². The molecule has 1 aliphatic heterocycles. The Morgan fingerprint density at radius 3 is 2.76 bits per heavy atom. The molecule has 1 aliphatic rings. The second-order valence-electron chi connectivity index (χ2n) is 4.64. The van der Waals surface area contributed by atoms with Gasteiger partial charge in [-0.25, -0.2) is 0 Å². The number of benzene rings is 1. The van der Waals surface area contributed by atoms with Gasteiger partial charge in [-0.15, -0.1) is 0 Å². The van der Waals surface area contributed by atoms with E-state index in [9.17, 15) is 0 Å². The zero-order valence-corrected chi connectivity index (χ0v) is 10.2. The van der Waals surface area contributed by atoms with Crippen molar-refractivity contribution in [3.8, 4) is 0 Å². The maximum atomic E-state index is 9.13. The van der Waals surface area contributed by atoms with Crippen LogP contribution in [0, 0.1) is 0 Å². The summed E-state index contributed by atoms with van der Waals surface area (Å²) in [4.78, 5) is 0. The topological polar surface area (TPSA) is 38.7 Å². The second kappa shape index (κ2) is 6.15. The fourth-order valence-corrected chi connectivity index (χ4v) is 2.24. The third kappa shape index (κ3) is 3.80. The van der Waals surface area contributed by atoms with E-state index in [2.05, 4.69) is 12.1 Å². The number of ether oxygens (including phenoxy) is 2. The van der Waals surface area contributed by atoms with Crippen LogP contribution >= 0.6 is 0 Å². The van der Waals surface area contributed by atoms with E-state index in [1.54, 1.807) is 0 Å². The van der Waals surface area contributed by atoms with E-state index in [0.29, 0.717) is 6.61 Å². The van der Waals surface area contributed by atoms with E-state index < -0.39 is 0 Å². The number of aliphatic hydroxyl groups is 1. The smallest absolute Gasteiger partial charge is 0.0834 e. The molecule has 1 fully saturated rings. The summed E-state index contributed by atoms with van der Waals surface area (Å²) >= 11 is 0. The molecule has 1 heterocycles. The Bertz CT molecular complexity index is 325. The van der Waals surface area contributed by atoms with Gasteiger partial charge in [-0.2, -0.15) is 0 Å². The van der Waals surface area contributed by atoms with Crippen molar-refractivity contribution in [2.75, 3.05) is 6.61 Å². The van der Waals surface area contributed by atoms with Crippen molar-refractivity contribution in [3.63, 3.8) is 0 Å². The SMILES string of the molecule is C[C@@H]1C[C@H](OCc2ccccc2)C[C@H](CO)O1. The first-order chi connectivity index (χ1) is 8.28. The second-order valence-corrected chi connectivity index (χ2v) is 4.64. The van der Waals surface area contributed by atoms with Gasteiger partial charge in [-0.05, 0) is 18.9 Å². The lowest BCUT2D eigenvalue weighted by Gasteiger charge is -2.32. The van der Waals surface area contributed by atoms with Crippen LogP contribution in [-0.2, 0) is 16.1 Å². The van der Waals surface area contributed by atoms with Gasteiger partial charge in [0.25, 0.3) is 0 Å². The van der Waals surface area contributed by atoms with Gasteiger partial charge < -0.3 is 14.6 Å². The van der Waals surface area contributed by atoms with Gasteiger partial charge in [0.05, 0.1) is 31.5 Å². The zero-order valence-electron chi connectivity index (χ0n) is 10.2. The van der Waals surface area contributed by atoms with E-state index in [-0.39, 0.29) is 24.9 Å². The molecule has 1 N–H and O–H groups in total. The summed E-state index contributed by atoms with van der Waals surface area (Å²) in [5.74, 6) is 0. The molecule has 1 aromatic rings. The molecule has 0 radical (unpaired) electrons. The van der Waals surface area contributed by atoms with Gasteiger partial charge in [-0.3, -0.25) is 0 Å².